The van der Waals surface area contributed by atoms with Crippen LogP contribution in [0.5, 0.6) is 0 Å². The molecule has 0 saturated carbocycles. The summed E-state index contributed by atoms with van der Waals surface area (Å²) in [6, 6.07) is 0.238. The van der Waals surface area contributed by atoms with Gasteiger partial charge in [0.15, 0.2) is 0 Å². The summed E-state index contributed by atoms with van der Waals surface area (Å²) >= 11 is 1.47. The van der Waals surface area contributed by atoms with Gasteiger partial charge in [-0.2, -0.15) is 0 Å². The van der Waals surface area contributed by atoms with E-state index in [2.05, 4.69) is 47.5 Å². The Kier molecular flexibility index (Phi) is 4.45. The Morgan fingerprint density at radius 1 is 1.44 bits per heavy atom. The second-order valence-corrected chi connectivity index (χ2v) is 5.49. The van der Waals surface area contributed by atoms with Crippen LogP contribution in [0.15, 0.2) is 0 Å². The van der Waals surface area contributed by atoms with Gasteiger partial charge in [-0.15, -0.1) is 16.9 Å². The van der Waals surface area contributed by atoms with Crippen LogP contribution in [-0.4, -0.2) is 16.6 Å². The fraction of sp³-hybridized carbons (Fsp3) is 0.667. The van der Waals surface area contributed by atoms with Crippen LogP contribution in [0.3, 0.4) is 0 Å². The lowest BCUT2D eigenvalue weighted by Gasteiger charge is -2.20. The minimum atomic E-state index is 0.0388. The molecular formula is C12H19N3S. The summed E-state index contributed by atoms with van der Waals surface area (Å²) < 4.78 is 4.07. The Morgan fingerprint density at radius 3 is 2.62 bits per heavy atom. The quantitative estimate of drug-likeness (QED) is 0.821. The third-order valence-corrected chi connectivity index (χ3v) is 3.21. The van der Waals surface area contributed by atoms with Crippen LogP contribution in [-0.2, 0) is 5.41 Å². The molecule has 0 bridgehead atoms. The standard InChI is InChI=1S/C12H19N3S/c1-6-7-8-9(13-5)10-11(12(2,3)4)14-15-16-10/h9,13H,8H2,1-5H3. The average molecular weight is 237 g/mol. The molecule has 1 aromatic rings. The predicted molar refractivity (Wildman–Crippen MR) is 68.5 cm³/mol. The minimum Gasteiger partial charge on any atom is -0.311 e. The van der Waals surface area contributed by atoms with Crippen LogP contribution in [0.4, 0.5) is 0 Å². The average Bonchev–Trinajstić information content (AvgIpc) is 2.67. The van der Waals surface area contributed by atoms with Gasteiger partial charge in [0.25, 0.3) is 0 Å². The lowest BCUT2D eigenvalue weighted by molar-refractivity contribution is 0.536. The normalized spacial score (nSPS) is 13.1. The molecule has 0 amide bonds. The second-order valence-electron chi connectivity index (χ2n) is 4.71. The molecular weight excluding hydrogens is 218 g/mol. The first-order valence-corrected chi connectivity index (χ1v) is 6.17. The minimum absolute atomic E-state index is 0.0388. The molecule has 1 rings (SSSR count). The highest BCUT2D eigenvalue weighted by atomic mass is 32.1. The molecule has 4 heteroatoms. The molecule has 1 atom stereocenters. The number of aromatic nitrogens is 2. The Morgan fingerprint density at radius 2 is 2.12 bits per heavy atom. The van der Waals surface area contributed by atoms with E-state index in [4.69, 9.17) is 0 Å². The Balaban J connectivity index is 3.00. The van der Waals surface area contributed by atoms with Gasteiger partial charge in [-0.25, -0.2) is 0 Å². The van der Waals surface area contributed by atoms with Crippen molar-refractivity contribution in [2.45, 2.75) is 45.6 Å². The molecule has 1 heterocycles. The van der Waals surface area contributed by atoms with Gasteiger partial charge >= 0.3 is 0 Å². The summed E-state index contributed by atoms with van der Waals surface area (Å²) in [7, 11) is 1.95. The van der Waals surface area contributed by atoms with Crippen molar-refractivity contribution >= 4 is 11.5 Å². The lowest BCUT2D eigenvalue weighted by atomic mass is 9.89. The SMILES string of the molecule is CC#CCC(NC)c1snnc1C(C)(C)C. The van der Waals surface area contributed by atoms with Crippen LogP contribution in [0.1, 0.15) is 50.7 Å². The van der Waals surface area contributed by atoms with E-state index >= 15 is 0 Å². The van der Waals surface area contributed by atoms with Gasteiger partial charge in [0.2, 0.25) is 0 Å². The maximum absolute atomic E-state index is 4.24. The fourth-order valence-corrected chi connectivity index (χ4v) is 2.45. The van der Waals surface area contributed by atoms with Gasteiger partial charge in [-0.1, -0.05) is 25.3 Å². The molecule has 88 valence electrons. The molecule has 0 spiro atoms. The summed E-state index contributed by atoms with van der Waals surface area (Å²) in [6.07, 6.45) is 0.806. The monoisotopic (exact) mass is 237 g/mol. The van der Waals surface area contributed by atoms with E-state index in [1.54, 1.807) is 0 Å². The van der Waals surface area contributed by atoms with Crippen molar-refractivity contribution in [2.75, 3.05) is 7.05 Å². The first kappa shape index (κ1) is 13.1. The van der Waals surface area contributed by atoms with Gasteiger partial charge in [-0.05, 0) is 25.5 Å². The maximum atomic E-state index is 4.24. The van der Waals surface area contributed by atoms with Gasteiger partial charge < -0.3 is 5.32 Å². The van der Waals surface area contributed by atoms with Gasteiger partial charge in [0.1, 0.15) is 0 Å². The fourth-order valence-electron chi connectivity index (χ4n) is 1.48. The van der Waals surface area contributed by atoms with E-state index in [1.807, 2.05) is 14.0 Å². The van der Waals surface area contributed by atoms with Crippen LogP contribution < -0.4 is 5.32 Å². The third kappa shape index (κ3) is 3.03. The molecule has 0 aromatic carbocycles. The third-order valence-electron chi connectivity index (χ3n) is 2.37. The molecule has 1 N–H and O–H groups in total. The van der Waals surface area contributed by atoms with E-state index in [9.17, 15) is 0 Å². The zero-order valence-corrected chi connectivity index (χ0v) is 11.4. The van der Waals surface area contributed by atoms with Crippen molar-refractivity contribution in [2.24, 2.45) is 0 Å². The molecule has 0 aliphatic carbocycles. The summed E-state index contributed by atoms with van der Waals surface area (Å²) in [6.45, 7) is 8.34. The van der Waals surface area contributed by atoms with E-state index < -0.39 is 0 Å². The highest BCUT2D eigenvalue weighted by Gasteiger charge is 2.26. The molecule has 16 heavy (non-hydrogen) atoms. The maximum Gasteiger partial charge on any atom is 0.0857 e. The molecule has 0 radical (unpaired) electrons. The van der Waals surface area contributed by atoms with Gasteiger partial charge in [-0.3, -0.25) is 0 Å². The van der Waals surface area contributed by atoms with Crippen LogP contribution >= 0.6 is 11.5 Å². The first-order valence-electron chi connectivity index (χ1n) is 5.40. The van der Waals surface area contributed by atoms with E-state index in [0.29, 0.717) is 0 Å². The van der Waals surface area contributed by atoms with Crippen LogP contribution in [0, 0.1) is 11.8 Å². The number of nitrogens with one attached hydrogen (secondary N) is 1. The van der Waals surface area contributed by atoms with Crippen molar-refractivity contribution in [3.63, 3.8) is 0 Å². The van der Waals surface area contributed by atoms with Gasteiger partial charge in [0.05, 0.1) is 16.6 Å². The largest absolute Gasteiger partial charge is 0.311 e. The van der Waals surface area contributed by atoms with Crippen molar-refractivity contribution in [3.8, 4) is 11.8 Å². The van der Waals surface area contributed by atoms with Crippen LogP contribution in [0.2, 0.25) is 0 Å². The number of rotatable bonds is 3. The molecule has 1 unspecified atom stereocenters. The zero-order valence-electron chi connectivity index (χ0n) is 10.6. The van der Waals surface area contributed by atoms with Crippen LogP contribution in [0.25, 0.3) is 0 Å². The molecule has 0 saturated heterocycles. The molecule has 0 aliphatic rings. The van der Waals surface area contributed by atoms with E-state index in [1.165, 1.54) is 16.4 Å². The number of hydrogen-bond acceptors (Lipinski definition) is 4. The molecule has 3 nitrogen and oxygen atoms in total. The summed E-state index contributed by atoms with van der Waals surface area (Å²) in [5, 5.41) is 7.52. The molecule has 0 aliphatic heterocycles. The Labute approximate surface area is 102 Å². The Hall–Kier alpha value is -0.920. The Bertz CT molecular complexity index is 392. The van der Waals surface area contributed by atoms with Crippen molar-refractivity contribution in [1.29, 1.82) is 0 Å². The highest BCUT2D eigenvalue weighted by Crippen LogP contribution is 2.31. The summed E-state index contributed by atoms with van der Waals surface area (Å²) in [5.41, 5.74) is 1.12. The van der Waals surface area contributed by atoms with Crippen molar-refractivity contribution in [1.82, 2.24) is 14.9 Å². The molecule has 0 fully saturated rings. The van der Waals surface area contributed by atoms with E-state index in [0.717, 1.165) is 12.1 Å². The lowest BCUT2D eigenvalue weighted by Crippen LogP contribution is -2.21. The smallest absolute Gasteiger partial charge is 0.0857 e. The topological polar surface area (TPSA) is 37.8 Å². The van der Waals surface area contributed by atoms with E-state index in [-0.39, 0.29) is 11.5 Å². The molecule has 1 aromatic heterocycles. The number of nitrogens with zero attached hydrogens (tertiary/aromatic N) is 2. The highest BCUT2D eigenvalue weighted by molar-refractivity contribution is 7.05. The second kappa shape index (κ2) is 5.42. The van der Waals surface area contributed by atoms with Crippen molar-refractivity contribution in [3.05, 3.63) is 10.6 Å². The summed E-state index contributed by atoms with van der Waals surface area (Å²) in [5.74, 6) is 6.03. The number of hydrogen-bond donors (Lipinski definition) is 1. The zero-order chi connectivity index (χ0) is 12.2. The summed E-state index contributed by atoms with van der Waals surface area (Å²) in [4.78, 5) is 1.21. The van der Waals surface area contributed by atoms with Crippen molar-refractivity contribution < 1.29 is 0 Å². The first-order chi connectivity index (χ1) is 7.50. The predicted octanol–water partition coefficient (Wildman–Crippen LogP) is 2.51. The van der Waals surface area contributed by atoms with Gasteiger partial charge in [0, 0.05) is 11.8 Å².